The van der Waals surface area contributed by atoms with Crippen LogP contribution < -0.4 is 4.90 Å². The van der Waals surface area contributed by atoms with Gasteiger partial charge in [0, 0.05) is 24.3 Å². The molecule has 0 saturated carbocycles. The Morgan fingerprint density at radius 1 is 1.00 bits per heavy atom. The molecule has 4 heterocycles. The molecule has 5 rings (SSSR count). The van der Waals surface area contributed by atoms with Crippen molar-refractivity contribution < 1.29 is 5.11 Å². The highest BCUT2D eigenvalue weighted by molar-refractivity contribution is 5.75. The summed E-state index contributed by atoms with van der Waals surface area (Å²) in [6, 6.07) is 8.54. The Kier molecular flexibility index (Phi) is 4.55. The first-order valence-corrected chi connectivity index (χ1v) is 10.4. The number of piperidine rings is 1. The molecular weight excluding hydrogens is 376 g/mol. The summed E-state index contributed by atoms with van der Waals surface area (Å²) in [6.07, 6.45) is 6.92. The van der Waals surface area contributed by atoms with E-state index in [0.717, 1.165) is 65.7 Å². The average molecular weight is 403 g/mol. The molecule has 1 aromatic carbocycles. The van der Waals surface area contributed by atoms with Gasteiger partial charge in [-0.05, 0) is 51.3 Å². The molecule has 1 aliphatic heterocycles. The summed E-state index contributed by atoms with van der Waals surface area (Å²) < 4.78 is 4.18. The van der Waals surface area contributed by atoms with Crippen molar-refractivity contribution >= 4 is 11.5 Å². The van der Waals surface area contributed by atoms with Crippen LogP contribution in [0.1, 0.15) is 29.8 Å². The van der Waals surface area contributed by atoms with Gasteiger partial charge in [0.2, 0.25) is 0 Å². The molecule has 0 spiro atoms. The zero-order valence-electron chi connectivity index (χ0n) is 17.6. The third-order valence-corrected chi connectivity index (χ3v) is 5.85. The predicted octanol–water partition coefficient (Wildman–Crippen LogP) is 3.47. The van der Waals surface area contributed by atoms with Gasteiger partial charge in [-0.2, -0.15) is 5.10 Å². The second-order valence-electron chi connectivity index (χ2n) is 8.18. The molecule has 0 amide bonds. The molecule has 1 fully saturated rings. The molecule has 1 N–H and O–H groups in total. The first-order chi connectivity index (χ1) is 14.5. The van der Waals surface area contributed by atoms with Crippen molar-refractivity contribution in [3.05, 3.63) is 59.8 Å². The van der Waals surface area contributed by atoms with Gasteiger partial charge in [0.05, 0.1) is 41.8 Å². The quantitative estimate of drug-likeness (QED) is 0.568. The fourth-order valence-corrected chi connectivity index (χ4v) is 4.34. The molecule has 4 aromatic rings. The van der Waals surface area contributed by atoms with Crippen LogP contribution in [0.2, 0.25) is 0 Å². The lowest BCUT2D eigenvalue weighted by Crippen LogP contribution is -2.37. The van der Waals surface area contributed by atoms with Crippen LogP contribution in [0.5, 0.6) is 0 Å². The van der Waals surface area contributed by atoms with E-state index in [1.807, 2.05) is 24.0 Å². The summed E-state index contributed by atoms with van der Waals surface area (Å²) in [5, 5.41) is 14.7. The third kappa shape index (κ3) is 3.15. The van der Waals surface area contributed by atoms with Crippen molar-refractivity contribution in [1.29, 1.82) is 0 Å². The largest absolute Gasteiger partial charge is 0.393 e. The van der Waals surface area contributed by atoms with E-state index < -0.39 is 0 Å². The lowest BCUT2D eigenvalue weighted by Gasteiger charge is -2.31. The Balaban J connectivity index is 1.71. The minimum atomic E-state index is -0.217. The number of aliphatic hydroxyl groups excluding tert-OH is 1. The maximum absolute atomic E-state index is 9.92. The van der Waals surface area contributed by atoms with Gasteiger partial charge in [-0.3, -0.25) is 9.38 Å². The minimum absolute atomic E-state index is 0.217. The van der Waals surface area contributed by atoms with Gasteiger partial charge in [0.25, 0.3) is 0 Å². The molecule has 7 nitrogen and oxygen atoms in total. The lowest BCUT2D eigenvalue weighted by atomic mass is 10.1. The van der Waals surface area contributed by atoms with E-state index in [2.05, 4.69) is 57.4 Å². The summed E-state index contributed by atoms with van der Waals surface area (Å²) in [7, 11) is 0. The van der Waals surface area contributed by atoms with Crippen LogP contribution in [0.3, 0.4) is 0 Å². The van der Waals surface area contributed by atoms with Gasteiger partial charge < -0.3 is 10.0 Å². The van der Waals surface area contributed by atoms with Crippen LogP contribution in [0, 0.1) is 20.8 Å². The second kappa shape index (κ2) is 7.25. The number of nitrogens with zero attached hydrogens (tertiary/aromatic N) is 6. The number of imidazole rings is 1. The Morgan fingerprint density at radius 3 is 2.53 bits per heavy atom. The van der Waals surface area contributed by atoms with Crippen LogP contribution >= 0.6 is 0 Å². The molecule has 3 aromatic heterocycles. The van der Waals surface area contributed by atoms with Gasteiger partial charge in [-0.15, -0.1) is 0 Å². The normalized spacial score (nSPS) is 15.3. The van der Waals surface area contributed by atoms with Gasteiger partial charge in [0.1, 0.15) is 5.82 Å². The first kappa shape index (κ1) is 18.8. The average Bonchev–Trinajstić information content (AvgIpc) is 3.31. The highest BCUT2D eigenvalue weighted by Gasteiger charge is 2.22. The summed E-state index contributed by atoms with van der Waals surface area (Å²) in [6.45, 7) is 7.80. The van der Waals surface area contributed by atoms with Crippen molar-refractivity contribution in [1.82, 2.24) is 24.1 Å². The molecule has 154 valence electrons. The molecule has 1 aliphatic rings. The second-order valence-corrected chi connectivity index (χ2v) is 8.18. The number of hydrogen-bond donors (Lipinski definition) is 1. The van der Waals surface area contributed by atoms with Crippen LogP contribution in [0.15, 0.2) is 42.9 Å². The fraction of sp³-hybridized carbons (Fsp3) is 0.348. The van der Waals surface area contributed by atoms with E-state index in [1.165, 1.54) is 5.56 Å². The minimum Gasteiger partial charge on any atom is -0.393 e. The fourth-order valence-electron chi connectivity index (χ4n) is 4.34. The number of aromatic nitrogens is 5. The maximum atomic E-state index is 9.92. The number of benzene rings is 1. The maximum Gasteiger partial charge on any atom is 0.157 e. The number of fused-ring (bicyclic) bond motifs is 1. The summed E-state index contributed by atoms with van der Waals surface area (Å²) in [5.41, 5.74) is 7.21. The first-order valence-electron chi connectivity index (χ1n) is 10.4. The van der Waals surface area contributed by atoms with Crippen molar-refractivity contribution in [3.8, 4) is 16.9 Å². The summed E-state index contributed by atoms with van der Waals surface area (Å²) in [4.78, 5) is 11.4. The number of rotatable bonds is 3. The van der Waals surface area contributed by atoms with Gasteiger partial charge in [0.15, 0.2) is 5.65 Å². The van der Waals surface area contributed by atoms with Crippen LogP contribution in [0.25, 0.3) is 22.6 Å². The van der Waals surface area contributed by atoms with Crippen LogP contribution in [-0.2, 0) is 0 Å². The van der Waals surface area contributed by atoms with E-state index in [1.54, 1.807) is 6.20 Å². The molecule has 1 saturated heterocycles. The molecular formula is C23H26N6O. The predicted molar refractivity (Wildman–Crippen MR) is 117 cm³/mol. The third-order valence-electron chi connectivity index (χ3n) is 5.85. The Hall–Kier alpha value is -3.19. The summed E-state index contributed by atoms with van der Waals surface area (Å²) >= 11 is 0. The van der Waals surface area contributed by atoms with E-state index in [9.17, 15) is 5.11 Å². The molecule has 30 heavy (non-hydrogen) atoms. The number of aliphatic hydroxyl groups is 1. The summed E-state index contributed by atoms with van der Waals surface area (Å²) in [5.74, 6) is 1.01. The van der Waals surface area contributed by atoms with Gasteiger partial charge >= 0.3 is 0 Å². The van der Waals surface area contributed by atoms with E-state index in [0.29, 0.717) is 0 Å². The van der Waals surface area contributed by atoms with Crippen molar-refractivity contribution in [2.75, 3.05) is 18.0 Å². The topological polar surface area (TPSA) is 71.5 Å². The van der Waals surface area contributed by atoms with Gasteiger partial charge in [-0.25, -0.2) is 9.67 Å². The molecule has 7 heteroatoms. The zero-order chi connectivity index (χ0) is 20.8. The van der Waals surface area contributed by atoms with Crippen molar-refractivity contribution in [2.45, 2.75) is 39.7 Å². The van der Waals surface area contributed by atoms with Crippen molar-refractivity contribution in [2.24, 2.45) is 0 Å². The van der Waals surface area contributed by atoms with Crippen LogP contribution in [-0.4, -0.2) is 48.4 Å². The Labute approximate surface area is 175 Å². The standard InChI is InChI=1S/C23H26N6O/c1-15-4-5-19(20(10-15)29-17(3)11-16(2)26-29)21-12-25-22-13-24-14-23(28(21)22)27-8-6-18(30)7-9-27/h4-5,10-14,18,30H,6-9H2,1-3H3. The van der Waals surface area contributed by atoms with E-state index in [-0.39, 0.29) is 6.10 Å². The smallest absolute Gasteiger partial charge is 0.157 e. The van der Waals surface area contributed by atoms with E-state index in [4.69, 9.17) is 5.10 Å². The molecule has 0 aliphatic carbocycles. The molecule has 0 bridgehead atoms. The van der Waals surface area contributed by atoms with Gasteiger partial charge in [-0.1, -0.05) is 12.1 Å². The highest BCUT2D eigenvalue weighted by atomic mass is 16.3. The monoisotopic (exact) mass is 402 g/mol. The van der Waals surface area contributed by atoms with Crippen molar-refractivity contribution in [3.63, 3.8) is 0 Å². The molecule has 0 unspecified atom stereocenters. The van der Waals surface area contributed by atoms with Crippen LogP contribution in [0.4, 0.5) is 5.82 Å². The molecule has 0 radical (unpaired) electrons. The highest BCUT2D eigenvalue weighted by Crippen LogP contribution is 2.32. The Bertz CT molecular complexity index is 1220. The lowest BCUT2D eigenvalue weighted by molar-refractivity contribution is 0.145. The zero-order valence-corrected chi connectivity index (χ0v) is 17.6. The number of anilines is 1. The molecule has 0 atom stereocenters. The number of hydrogen-bond acceptors (Lipinski definition) is 5. The van der Waals surface area contributed by atoms with E-state index >= 15 is 0 Å². The SMILES string of the molecule is Cc1ccc(-c2cnc3cncc(N4CCC(O)CC4)n23)c(-n2nc(C)cc2C)c1. The Morgan fingerprint density at radius 2 is 1.80 bits per heavy atom. The number of aryl methyl sites for hydroxylation is 3.